The van der Waals surface area contributed by atoms with Crippen molar-refractivity contribution >= 4 is 21.4 Å². The lowest BCUT2D eigenvalue weighted by Crippen LogP contribution is -2.13. The van der Waals surface area contributed by atoms with Gasteiger partial charge in [0.1, 0.15) is 11.9 Å². The van der Waals surface area contributed by atoms with Gasteiger partial charge in [0, 0.05) is 22.9 Å². The second kappa shape index (κ2) is 8.52. The van der Waals surface area contributed by atoms with Crippen LogP contribution in [0.5, 0.6) is 0 Å². The maximum Gasteiger partial charge on any atom is 0.141 e. The molecule has 0 fully saturated rings. The fourth-order valence-electron chi connectivity index (χ4n) is 2.56. The number of aromatic nitrogens is 1. The van der Waals surface area contributed by atoms with E-state index >= 15 is 0 Å². The number of nitrogens with zero attached hydrogens (tertiary/aromatic N) is 1. The Morgan fingerprint density at radius 3 is 2.60 bits per heavy atom. The molecule has 1 atom stereocenters. The van der Waals surface area contributed by atoms with E-state index in [0.717, 1.165) is 22.2 Å². The topological polar surface area (TPSA) is 59.1 Å². The van der Waals surface area contributed by atoms with Gasteiger partial charge in [-0.15, -0.1) is 11.3 Å². The Morgan fingerprint density at radius 1 is 1.24 bits per heavy atom. The molecular formula is C20H25FN2OS. The van der Waals surface area contributed by atoms with Gasteiger partial charge in [0.25, 0.3) is 0 Å². The number of halogens is 1. The van der Waals surface area contributed by atoms with Gasteiger partial charge in [-0.25, -0.2) is 9.37 Å². The van der Waals surface area contributed by atoms with Gasteiger partial charge in [0.05, 0.1) is 16.1 Å². The lowest BCUT2D eigenvalue weighted by atomic mass is 9.99. The fraction of sp³-hybridized carbons (Fsp3) is 0.350. The Morgan fingerprint density at radius 2 is 1.96 bits per heavy atom. The third-order valence-corrected chi connectivity index (χ3v) is 4.93. The zero-order valence-corrected chi connectivity index (χ0v) is 15.9. The van der Waals surface area contributed by atoms with Crippen molar-refractivity contribution in [1.29, 1.82) is 0 Å². The normalized spacial score (nSPS) is 12.2. The maximum atomic E-state index is 13.9. The largest absolute Gasteiger partial charge is 0.385 e. The van der Waals surface area contributed by atoms with E-state index in [1.165, 1.54) is 17.4 Å². The highest BCUT2D eigenvalue weighted by molar-refractivity contribution is 7.17. The summed E-state index contributed by atoms with van der Waals surface area (Å²) < 4.78 is 14.5. The first-order valence-electron chi connectivity index (χ1n) is 8.57. The summed E-state index contributed by atoms with van der Waals surface area (Å²) in [6.07, 6.45) is -0.797. The van der Waals surface area contributed by atoms with Crippen molar-refractivity contribution < 1.29 is 9.50 Å². The van der Waals surface area contributed by atoms with Crippen LogP contribution in [-0.2, 0) is 0 Å². The zero-order chi connectivity index (χ0) is 18.6. The molecule has 134 valence electrons. The van der Waals surface area contributed by atoms with Crippen molar-refractivity contribution in [2.24, 2.45) is 5.73 Å². The Kier molecular flexibility index (Phi) is 6.64. The standard InChI is InChI=1S/C18H19FN2OS.C2H6/c1-10(2)11-6-15(21-16(7-11)17(22)8-20)13-9-23-18-12(13)4-3-5-14(18)19;1-2/h3-7,9-10,17,22H,8,20H2,1-2H3;1-2H3. The molecule has 2 aromatic heterocycles. The predicted octanol–water partition coefficient (Wildman–Crippen LogP) is 5.24. The molecule has 0 saturated heterocycles. The molecular weight excluding hydrogens is 335 g/mol. The highest BCUT2D eigenvalue weighted by Gasteiger charge is 2.16. The number of hydrogen-bond acceptors (Lipinski definition) is 4. The van der Waals surface area contributed by atoms with E-state index in [4.69, 9.17) is 5.73 Å². The van der Waals surface area contributed by atoms with Crippen LogP contribution in [0.4, 0.5) is 4.39 Å². The van der Waals surface area contributed by atoms with Gasteiger partial charge < -0.3 is 10.8 Å². The van der Waals surface area contributed by atoms with E-state index in [0.29, 0.717) is 16.3 Å². The summed E-state index contributed by atoms with van der Waals surface area (Å²) in [5, 5.41) is 12.8. The van der Waals surface area contributed by atoms with Crippen LogP contribution in [0, 0.1) is 5.82 Å². The smallest absolute Gasteiger partial charge is 0.141 e. The van der Waals surface area contributed by atoms with Gasteiger partial charge >= 0.3 is 0 Å². The minimum absolute atomic E-state index is 0.118. The summed E-state index contributed by atoms with van der Waals surface area (Å²) >= 11 is 1.37. The lowest BCUT2D eigenvalue weighted by Gasteiger charge is -2.14. The van der Waals surface area contributed by atoms with Gasteiger partial charge in [0.15, 0.2) is 0 Å². The first-order chi connectivity index (χ1) is 12.0. The Bertz CT molecular complexity index is 845. The van der Waals surface area contributed by atoms with Crippen LogP contribution in [0.1, 0.15) is 51.0 Å². The molecule has 0 aliphatic heterocycles. The van der Waals surface area contributed by atoms with Crippen LogP contribution in [0.25, 0.3) is 21.3 Å². The number of rotatable bonds is 4. The van der Waals surface area contributed by atoms with Crippen molar-refractivity contribution in [3.8, 4) is 11.3 Å². The molecule has 5 heteroatoms. The van der Waals surface area contributed by atoms with E-state index in [1.807, 2.05) is 37.4 Å². The predicted molar refractivity (Wildman–Crippen MR) is 104 cm³/mol. The number of aliphatic hydroxyl groups is 1. The van der Waals surface area contributed by atoms with Crippen LogP contribution in [0.3, 0.4) is 0 Å². The number of hydrogen-bond donors (Lipinski definition) is 2. The molecule has 0 spiro atoms. The molecule has 3 rings (SSSR count). The summed E-state index contributed by atoms with van der Waals surface area (Å²) in [6.45, 7) is 8.29. The van der Waals surface area contributed by atoms with Crippen molar-refractivity contribution in [3.63, 3.8) is 0 Å². The van der Waals surface area contributed by atoms with Crippen LogP contribution >= 0.6 is 11.3 Å². The van der Waals surface area contributed by atoms with Crippen molar-refractivity contribution in [3.05, 3.63) is 52.8 Å². The molecule has 2 heterocycles. The molecule has 25 heavy (non-hydrogen) atoms. The lowest BCUT2D eigenvalue weighted by molar-refractivity contribution is 0.182. The molecule has 0 aliphatic rings. The van der Waals surface area contributed by atoms with E-state index in [2.05, 4.69) is 18.8 Å². The molecule has 3 N–H and O–H groups in total. The number of nitrogens with two attached hydrogens (primary N) is 1. The third-order valence-electron chi connectivity index (χ3n) is 3.93. The molecule has 1 aromatic carbocycles. The number of aliphatic hydroxyl groups excluding tert-OH is 1. The van der Waals surface area contributed by atoms with Crippen molar-refractivity contribution in [1.82, 2.24) is 4.98 Å². The average Bonchev–Trinajstić information content (AvgIpc) is 3.08. The summed E-state index contributed by atoms with van der Waals surface area (Å²) in [5.41, 5.74) is 8.84. The SMILES string of the molecule is CC.CC(C)c1cc(-c2csc3c(F)cccc23)nc(C(O)CN)c1. The van der Waals surface area contributed by atoms with Crippen LogP contribution in [0.2, 0.25) is 0 Å². The number of thiophene rings is 1. The van der Waals surface area contributed by atoms with Gasteiger partial charge in [-0.3, -0.25) is 0 Å². The molecule has 0 amide bonds. The zero-order valence-electron chi connectivity index (χ0n) is 15.1. The number of benzene rings is 1. The summed E-state index contributed by atoms with van der Waals surface area (Å²) in [5.74, 6) is 0.0723. The Hall–Kier alpha value is -1.82. The van der Waals surface area contributed by atoms with E-state index in [-0.39, 0.29) is 12.4 Å². The van der Waals surface area contributed by atoms with Gasteiger partial charge in [-0.2, -0.15) is 0 Å². The van der Waals surface area contributed by atoms with Crippen molar-refractivity contribution in [2.75, 3.05) is 6.54 Å². The van der Waals surface area contributed by atoms with E-state index in [9.17, 15) is 9.50 Å². The van der Waals surface area contributed by atoms with Crippen LogP contribution < -0.4 is 5.73 Å². The molecule has 0 aliphatic carbocycles. The van der Waals surface area contributed by atoms with Gasteiger partial charge in [-0.05, 0) is 29.7 Å². The monoisotopic (exact) mass is 360 g/mol. The molecule has 0 saturated carbocycles. The highest BCUT2D eigenvalue weighted by Crippen LogP contribution is 2.36. The highest BCUT2D eigenvalue weighted by atomic mass is 32.1. The average molecular weight is 360 g/mol. The first kappa shape index (κ1) is 19.5. The number of pyridine rings is 1. The second-order valence-electron chi connectivity index (χ2n) is 5.88. The summed E-state index contributed by atoms with van der Waals surface area (Å²) in [4.78, 5) is 4.56. The number of fused-ring (bicyclic) bond motifs is 1. The van der Waals surface area contributed by atoms with Crippen LogP contribution in [0.15, 0.2) is 35.7 Å². The molecule has 0 bridgehead atoms. The van der Waals surface area contributed by atoms with Gasteiger partial charge in [0.2, 0.25) is 0 Å². The third kappa shape index (κ3) is 4.06. The maximum absolute atomic E-state index is 13.9. The van der Waals surface area contributed by atoms with Gasteiger partial charge in [-0.1, -0.05) is 39.8 Å². The summed E-state index contributed by atoms with van der Waals surface area (Å²) in [7, 11) is 0. The Balaban J connectivity index is 0.00000109. The van der Waals surface area contributed by atoms with Crippen LogP contribution in [-0.4, -0.2) is 16.6 Å². The molecule has 3 aromatic rings. The van der Waals surface area contributed by atoms with E-state index in [1.54, 1.807) is 6.07 Å². The first-order valence-corrected chi connectivity index (χ1v) is 9.45. The molecule has 1 unspecified atom stereocenters. The van der Waals surface area contributed by atoms with Crippen molar-refractivity contribution in [2.45, 2.75) is 39.7 Å². The Labute approximate surface area is 152 Å². The summed E-state index contributed by atoms with van der Waals surface area (Å²) in [6, 6.07) is 8.96. The fourth-order valence-corrected chi connectivity index (χ4v) is 3.53. The second-order valence-corrected chi connectivity index (χ2v) is 6.76. The molecule has 0 radical (unpaired) electrons. The molecule has 3 nitrogen and oxygen atoms in total. The minimum Gasteiger partial charge on any atom is -0.385 e. The minimum atomic E-state index is -0.797. The van der Waals surface area contributed by atoms with E-state index < -0.39 is 6.10 Å². The quantitative estimate of drug-likeness (QED) is 0.668.